The Balaban J connectivity index is 2.56. The molecule has 0 aliphatic rings. The van der Waals surface area contributed by atoms with Crippen LogP contribution in [0.2, 0.25) is 0 Å². The van der Waals surface area contributed by atoms with Gasteiger partial charge in [-0.3, -0.25) is 0 Å². The number of hydrogen-bond donors (Lipinski definition) is 1. The summed E-state index contributed by atoms with van der Waals surface area (Å²) >= 11 is 0. The first-order chi connectivity index (χ1) is 3.41. The zero-order valence-electron chi connectivity index (χ0n) is 4.18. The number of nitrogens with zero attached hydrogens (tertiary/aromatic N) is 1. The summed E-state index contributed by atoms with van der Waals surface area (Å²) < 4.78 is 0. The molecule has 0 rings (SSSR count). The van der Waals surface area contributed by atoms with E-state index in [-0.39, 0.29) is 0 Å². The van der Waals surface area contributed by atoms with Gasteiger partial charge in [0.05, 0.1) is 0 Å². The third kappa shape index (κ3) is 5.36. The first-order valence-corrected chi connectivity index (χ1v) is 2.01. The van der Waals surface area contributed by atoms with Gasteiger partial charge in [0.15, 0.2) is 5.34 Å². The van der Waals surface area contributed by atoms with Crippen LogP contribution in [0.5, 0.6) is 0 Å². The lowest BCUT2D eigenvalue weighted by Gasteiger charge is -1.90. The Hall–Kier alpha value is -0.640. The summed E-state index contributed by atoms with van der Waals surface area (Å²) in [5, 5.41) is 4.96. The number of hydrogen-bond acceptors (Lipinski definition) is 4. The van der Waals surface area contributed by atoms with Gasteiger partial charge in [0.1, 0.15) is 6.61 Å². The van der Waals surface area contributed by atoms with Gasteiger partial charge in [-0.15, -0.1) is 4.91 Å². The predicted octanol–water partition coefficient (Wildman–Crippen LogP) is -0.0962. The van der Waals surface area contributed by atoms with Gasteiger partial charge in [0.2, 0.25) is 0 Å². The molecule has 0 aromatic rings. The molecule has 0 saturated carbocycles. The second-order valence-corrected chi connectivity index (χ2v) is 1.01. The van der Waals surface area contributed by atoms with Crippen molar-refractivity contribution < 1.29 is 4.84 Å². The molecule has 4 heteroatoms. The molecular formula is C3H8N2O2. The van der Waals surface area contributed by atoms with E-state index in [4.69, 9.17) is 0 Å². The van der Waals surface area contributed by atoms with Crippen LogP contribution in [0.4, 0.5) is 0 Å². The molecule has 0 unspecified atom stereocenters. The highest BCUT2D eigenvalue weighted by Crippen LogP contribution is 1.67. The summed E-state index contributed by atoms with van der Waals surface area (Å²) in [6.07, 6.45) is 0. The summed E-state index contributed by atoms with van der Waals surface area (Å²) in [5.41, 5.74) is 0. The molecule has 0 atom stereocenters. The van der Waals surface area contributed by atoms with Gasteiger partial charge >= 0.3 is 0 Å². The van der Waals surface area contributed by atoms with E-state index in [2.05, 4.69) is 15.5 Å². The van der Waals surface area contributed by atoms with Gasteiger partial charge in [-0.2, -0.15) is 0 Å². The van der Waals surface area contributed by atoms with Gasteiger partial charge in [0.25, 0.3) is 0 Å². The molecule has 0 saturated heterocycles. The Kier molecular flexibility index (Phi) is 4.87. The second-order valence-electron chi connectivity index (χ2n) is 1.01. The van der Waals surface area contributed by atoms with Crippen molar-refractivity contribution in [2.75, 3.05) is 20.2 Å². The highest BCUT2D eigenvalue weighted by molar-refractivity contribution is 4.30. The fourth-order valence-corrected chi connectivity index (χ4v) is 0.185. The first-order valence-electron chi connectivity index (χ1n) is 2.01. The molecule has 0 radical (unpaired) electrons. The van der Waals surface area contributed by atoms with Crippen LogP contribution in [-0.2, 0) is 4.84 Å². The van der Waals surface area contributed by atoms with Crippen molar-refractivity contribution in [1.29, 1.82) is 0 Å². The zero-order chi connectivity index (χ0) is 5.54. The Labute approximate surface area is 41.8 Å². The molecule has 0 aliphatic heterocycles. The second kappa shape index (κ2) is 5.36. The number of likely N-dealkylation sites (N-methyl/N-ethyl adjacent to an activating group) is 1. The molecule has 4 nitrogen and oxygen atoms in total. The minimum atomic E-state index is 0.347. The maximum absolute atomic E-state index is 9.18. The quantitative estimate of drug-likeness (QED) is 0.308. The van der Waals surface area contributed by atoms with E-state index in [0.717, 1.165) is 0 Å². The first kappa shape index (κ1) is 6.36. The molecular weight excluding hydrogens is 96.0 g/mol. The lowest BCUT2D eigenvalue weighted by Crippen LogP contribution is -2.12. The molecule has 7 heavy (non-hydrogen) atoms. The van der Waals surface area contributed by atoms with E-state index in [1.807, 2.05) is 0 Å². The maximum atomic E-state index is 9.18. The Morgan fingerprint density at radius 2 is 2.57 bits per heavy atom. The highest BCUT2D eigenvalue weighted by Gasteiger charge is 1.77. The topological polar surface area (TPSA) is 50.7 Å². The molecule has 0 fully saturated rings. The third-order valence-electron chi connectivity index (χ3n) is 0.496. The van der Waals surface area contributed by atoms with Gasteiger partial charge in [-0.25, -0.2) is 0 Å². The highest BCUT2D eigenvalue weighted by atomic mass is 16.7. The molecule has 42 valence electrons. The van der Waals surface area contributed by atoms with Gasteiger partial charge < -0.3 is 10.2 Å². The van der Waals surface area contributed by atoms with Crippen molar-refractivity contribution in [1.82, 2.24) is 5.32 Å². The van der Waals surface area contributed by atoms with Crippen molar-refractivity contribution in [3.05, 3.63) is 4.91 Å². The fourth-order valence-electron chi connectivity index (χ4n) is 0.185. The Morgan fingerprint density at radius 3 is 3.00 bits per heavy atom. The predicted molar refractivity (Wildman–Crippen MR) is 25.7 cm³/mol. The molecule has 0 spiro atoms. The van der Waals surface area contributed by atoms with E-state index in [0.29, 0.717) is 13.2 Å². The van der Waals surface area contributed by atoms with Gasteiger partial charge in [0, 0.05) is 6.54 Å². The average molecular weight is 104 g/mol. The molecule has 0 bridgehead atoms. The van der Waals surface area contributed by atoms with Crippen LogP contribution in [0.25, 0.3) is 0 Å². The summed E-state index contributed by atoms with van der Waals surface area (Å²) in [4.78, 5) is 13.3. The minimum Gasteiger partial charge on any atom is -0.363 e. The number of rotatable bonds is 4. The largest absolute Gasteiger partial charge is 0.363 e. The van der Waals surface area contributed by atoms with Crippen molar-refractivity contribution in [2.24, 2.45) is 5.34 Å². The standard InChI is InChI=1S/C3H8N2O2/c1-4-2-3-7-5-6/h4H,2-3H2,1H3. The Morgan fingerprint density at radius 1 is 1.86 bits per heavy atom. The zero-order valence-corrected chi connectivity index (χ0v) is 4.18. The van der Waals surface area contributed by atoms with Crippen molar-refractivity contribution in [3.8, 4) is 0 Å². The SMILES string of the molecule is CNCCON=O. The number of nitrogens with one attached hydrogen (secondary N) is 1. The summed E-state index contributed by atoms with van der Waals surface area (Å²) in [6.45, 7) is 1.01. The fraction of sp³-hybridized carbons (Fsp3) is 1.00. The van der Waals surface area contributed by atoms with Crippen LogP contribution in [-0.4, -0.2) is 20.2 Å². The smallest absolute Gasteiger partial charge is 0.155 e. The van der Waals surface area contributed by atoms with Crippen molar-refractivity contribution >= 4 is 0 Å². The molecule has 0 amide bonds. The van der Waals surface area contributed by atoms with E-state index >= 15 is 0 Å². The van der Waals surface area contributed by atoms with Crippen molar-refractivity contribution in [2.45, 2.75) is 0 Å². The minimum absolute atomic E-state index is 0.347. The Bertz CT molecular complexity index is 48.2. The lowest BCUT2D eigenvalue weighted by molar-refractivity contribution is 0.143. The van der Waals surface area contributed by atoms with Crippen LogP contribution in [0.3, 0.4) is 0 Å². The van der Waals surface area contributed by atoms with Crippen LogP contribution < -0.4 is 5.32 Å². The van der Waals surface area contributed by atoms with Crippen LogP contribution in [0.15, 0.2) is 5.34 Å². The van der Waals surface area contributed by atoms with E-state index in [1.165, 1.54) is 0 Å². The molecule has 0 aromatic heterocycles. The average Bonchev–Trinajstić information content (AvgIpc) is 1.69. The van der Waals surface area contributed by atoms with Crippen LogP contribution in [0, 0.1) is 4.91 Å². The summed E-state index contributed by atoms with van der Waals surface area (Å²) in [6, 6.07) is 0. The summed E-state index contributed by atoms with van der Waals surface area (Å²) in [7, 11) is 1.77. The molecule has 1 N–H and O–H groups in total. The normalized spacial score (nSPS) is 8.14. The third-order valence-corrected chi connectivity index (χ3v) is 0.496. The van der Waals surface area contributed by atoms with E-state index in [9.17, 15) is 4.91 Å². The van der Waals surface area contributed by atoms with Crippen LogP contribution in [0.1, 0.15) is 0 Å². The van der Waals surface area contributed by atoms with Crippen LogP contribution >= 0.6 is 0 Å². The van der Waals surface area contributed by atoms with Crippen molar-refractivity contribution in [3.63, 3.8) is 0 Å². The van der Waals surface area contributed by atoms with E-state index < -0.39 is 0 Å². The molecule has 0 aromatic carbocycles. The maximum Gasteiger partial charge on any atom is 0.155 e. The molecule has 0 heterocycles. The monoisotopic (exact) mass is 104 g/mol. The molecule has 0 aliphatic carbocycles. The van der Waals surface area contributed by atoms with Gasteiger partial charge in [-0.05, 0) is 7.05 Å². The van der Waals surface area contributed by atoms with Gasteiger partial charge in [-0.1, -0.05) is 0 Å². The van der Waals surface area contributed by atoms with E-state index in [1.54, 1.807) is 7.05 Å². The summed E-state index contributed by atoms with van der Waals surface area (Å²) in [5.74, 6) is 0. The lowest BCUT2D eigenvalue weighted by atomic mass is 10.7.